The van der Waals surface area contributed by atoms with E-state index in [-0.39, 0.29) is 30.2 Å². The Labute approximate surface area is 229 Å². The number of nitrogen functional groups attached to an aromatic ring is 1. The van der Waals surface area contributed by atoms with Crippen LogP contribution in [0.25, 0.3) is 33.2 Å². The van der Waals surface area contributed by atoms with Gasteiger partial charge in [0, 0.05) is 10.0 Å². The van der Waals surface area contributed by atoms with E-state index in [4.69, 9.17) is 15.8 Å². The molecule has 0 unspecified atom stereocenters. The van der Waals surface area contributed by atoms with Gasteiger partial charge in [0.1, 0.15) is 36.0 Å². The number of halogens is 1. The molecule has 3 aromatic heterocycles. The number of anilines is 1. The number of aromatic nitrogens is 6. The molecule has 190 valence electrons. The minimum Gasteiger partial charge on any atom is -0.508 e. The first-order valence-corrected chi connectivity index (χ1v) is 12.7. The van der Waals surface area contributed by atoms with Crippen molar-refractivity contribution >= 4 is 43.7 Å². The number of benzene rings is 3. The van der Waals surface area contributed by atoms with E-state index in [1.807, 2.05) is 18.2 Å². The Balaban J connectivity index is 1.56. The molecule has 0 aliphatic heterocycles. The lowest BCUT2D eigenvalue weighted by Crippen LogP contribution is -2.27. The predicted octanol–water partition coefficient (Wildman–Crippen LogP) is 4.22. The maximum Gasteiger partial charge on any atom is 0.262 e. The van der Waals surface area contributed by atoms with E-state index < -0.39 is 0 Å². The first-order valence-electron chi connectivity index (χ1n) is 11.9. The van der Waals surface area contributed by atoms with Crippen molar-refractivity contribution in [1.82, 2.24) is 29.3 Å². The molecule has 3 heterocycles. The maximum absolute atomic E-state index is 13.8. The van der Waals surface area contributed by atoms with Gasteiger partial charge < -0.3 is 10.8 Å². The fraction of sp³-hybridized carbons (Fsp3) is 0.0714. The normalized spacial score (nSPS) is 11.2. The summed E-state index contributed by atoms with van der Waals surface area (Å²) in [7, 11) is 0. The number of phenols is 1. The predicted molar refractivity (Wildman–Crippen MR) is 150 cm³/mol. The summed E-state index contributed by atoms with van der Waals surface area (Å²) in [6, 6.07) is 21.3. The molecule has 0 aliphatic rings. The highest BCUT2D eigenvalue weighted by molar-refractivity contribution is 9.10. The molecule has 6 aromatic rings. The molecule has 0 radical (unpaired) electrons. The molecular weight excluding hydrogens is 560 g/mol. The number of hydrogen-bond donors (Lipinski definition) is 2. The smallest absolute Gasteiger partial charge is 0.262 e. The van der Waals surface area contributed by atoms with Gasteiger partial charge in [-0.1, -0.05) is 30.3 Å². The molecule has 0 bridgehead atoms. The van der Waals surface area contributed by atoms with Crippen LogP contribution < -0.4 is 11.3 Å². The van der Waals surface area contributed by atoms with E-state index in [1.165, 1.54) is 6.33 Å². The number of aromatic hydroxyl groups is 1. The molecule has 6 rings (SSSR count). The van der Waals surface area contributed by atoms with Crippen LogP contribution in [-0.4, -0.2) is 34.4 Å². The molecular formula is C28H19BrN8O2. The Morgan fingerprint density at radius 2 is 1.82 bits per heavy atom. The number of nitrogens with two attached hydrogens (primary N) is 1. The summed E-state index contributed by atoms with van der Waals surface area (Å²) < 4.78 is 3.84. The van der Waals surface area contributed by atoms with E-state index in [1.54, 1.807) is 57.8 Å². The van der Waals surface area contributed by atoms with Gasteiger partial charge in [0.15, 0.2) is 5.65 Å². The quantitative estimate of drug-likeness (QED) is 0.309. The molecule has 0 amide bonds. The highest BCUT2D eigenvalue weighted by Crippen LogP contribution is 2.32. The van der Waals surface area contributed by atoms with Gasteiger partial charge in [-0.05, 0) is 57.9 Å². The molecule has 0 spiro atoms. The monoisotopic (exact) mass is 578 g/mol. The van der Waals surface area contributed by atoms with Crippen molar-refractivity contribution in [1.29, 1.82) is 5.26 Å². The van der Waals surface area contributed by atoms with E-state index in [0.717, 1.165) is 5.56 Å². The second-order valence-corrected chi connectivity index (χ2v) is 9.73. The van der Waals surface area contributed by atoms with Crippen molar-refractivity contribution < 1.29 is 5.11 Å². The third-order valence-corrected chi connectivity index (χ3v) is 7.04. The van der Waals surface area contributed by atoms with Crippen LogP contribution in [0.4, 0.5) is 5.82 Å². The van der Waals surface area contributed by atoms with Gasteiger partial charge in [-0.15, -0.1) is 0 Å². The highest BCUT2D eigenvalue weighted by Gasteiger charge is 2.20. The van der Waals surface area contributed by atoms with Gasteiger partial charge >= 0.3 is 0 Å². The Bertz CT molecular complexity index is 2010. The zero-order valence-electron chi connectivity index (χ0n) is 20.3. The number of nitriles is 1. The summed E-state index contributed by atoms with van der Waals surface area (Å²) in [5, 5.41) is 25.2. The first-order chi connectivity index (χ1) is 18.9. The zero-order chi connectivity index (χ0) is 27.1. The lowest BCUT2D eigenvalue weighted by molar-refractivity contribution is 0.475. The van der Waals surface area contributed by atoms with Gasteiger partial charge in [0.2, 0.25) is 0 Å². The van der Waals surface area contributed by atoms with Crippen LogP contribution in [0, 0.1) is 11.3 Å². The minimum absolute atomic E-state index is 0.0841. The van der Waals surface area contributed by atoms with E-state index in [0.29, 0.717) is 49.1 Å². The van der Waals surface area contributed by atoms with Crippen molar-refractivity contribution in [2.45, 2.75) is 13.1 Å². The molecule has 10 nitrogen and oxygen atoms in total. The third-order valence-electron chi connectivity index (χ3n) is 6.38. The summed E-state index contributed by atoms with van der Waals surface area (Å²) in [4.78, 5) is 27.2. The Kier molecular flexibility index (Phi) is 6.01. The maximum atomic E-state index is 13.8. The number of nitrogens with zero attached hydrogens (tertiary/aromatic N) is 7. The summed E-state index contributed by atoms with van der Waals surface area (Å²) in [5.41, 5.74) is 9.42. The topological polar surface area (TPSA) is 149 Å². The summed E-state index contributed by atoms with van der Waals surface area (Å²) in [6.45, 7) is 0.297. The Morgan fingerprint density at radius 3 is 2.64 bits per heavy atom. The van der Waals surface area contributed by atoms with Gasteiger partial charge in [-0.3, -0.25) is 9.36 Å². The molecule has 0 saturated heterocycles. The molecule has 0 aliphatic carbocycles. The van der Waals surface area contributed by atoms with E-state index >= 15 is 0 Å². The fourth-order valence-electron chi connectivity index (χ4n) is 4.60. The van der Waals surface area contributed by atoms with Crippen molar-refractivity contribution in [3.05, 3.63) is 105 Å². The second-order valence-electron chi connectivity index (χ2n) is 8.88. The van der Waals surface area contributed by atoms with Crippen LogP contribution in [-0.2, 0) is 13.1 Å². The van der Waals surface area contributed by atoms with Crippen LogP contribution in [0.15, 0.2) is 82.3 Å². The van der Waals surface area contributed by atoms with Gasteiger partial charge in [0.25, 0.3) is 5.56 Å². The van der Waals surface area contributed by atoms with Gasteiger partial charge in [0.05, 0.1) is 34.5 Å². The summed E-state index contributed by atoms with van der Waals surface area (Å²) >= 11 is 3.49. The highest BCUT2D eigenvalue weighted by atomic mass is 79.9. The SMILES string of the molecule is N#Cc1cccc(Cn2c(Cn3nc(-c4cccc(O)c4)c4c(N)ncnc43)nc3cccc(Br)c3c2=O)c1. The summed E-state index contributed by atoms with van der Waals surface area (Å²) in [5.74, 6) is 0.767. The minimum atomic E-state index is -0.233. The average Bonchev–Trinajstić information content (AvgIpc) is 3.30. The van der Waals surface area contributed by atoms with Crippen LogP contribution in [0.5, 0.6) is 5.75 Å². The van der Waals surface area contributed by atoms with Gasteiger partial charge in [-0.25, -0.2) is 19.6 Å². The third kappa shape index (κ3) is 4.36. The van der Waals surface area contributed by atoms with E-state index in [2.05, 4.69) is 32.0 Å². The molecule has 0 fully saturated rings. The van der Waals surface area contributed by atoms with Crippen molar-refractivity contribution in [2.24, 2.45) is 0 Å². The Morgan fingerprint density at radius 1 is 1.00 bits per heavy atom. The number of rotatable bonds is 5. The van der Waals surface area contributed by atoms with Crippen LogP contribution >= 0.6 is 15.9 Å². The second kappa shape index (κ2) is 9.66. The number of fused-ring (bicyclic) bond motifs is 2. The van der Waals surface area contributed by atoms with E-state index in [9.17, 15) is 15.2 Å². The summed E-state index contributed by atoms with van der Waals surface area (Å²) in [6.07, 6.45) is 1.35. The average molecular weight is 579 g/mol. The molecule has 3 N–H and O–H groups in total. The van der Waals surface area contributed by atoms with Crippen LogP contribution in [0.3, 0.4) is 0 Å². The molecule has 0 atom stereocenters. The first kappa shape index (κ1) is 24.3. The fourth-order valence-corrected chi connectivity index (χ4v) is 5.13. The molecule has 39 heavy (non-hydrogen) atoms. The lowest BCUT2D eigenvalue weighted by Gasteiger charge is -2.15. The lowest BCUT2D eigenvalue weighted by atomic mass is 10.1. The number of hydrogen-bond acceptors (Lipinski definition) is 8. The largest absolute Gasteiger partial charge is 0.508 e. The van der Waals surface area contributed by atoms with Crippen molar-refractivity contribution in [3.8, 4) is 23.1 Å². The molecule has 3 aromatic carbocycles. The number of phenolic OH excluding ortho intramolecular Hbond substituents is 1. The van der Waals surface area contributed by atoms with Crippen molar-refractivity contribution in [3.63, 3.8) is 0 Å². The standard InChI is InChI=1S/C28H19BrN8O2/c29-20-8-3-9-21-23(20)28(39)36(13-17-5-1-4-16(10-17)12-30)22(34-21)14-37-27-24(26(31)32-15-33-27)25(35-37)18-6-2-7-19(38)11-18/h1-11,15,38H,13-14H2,(H2,31,32,33). The molecule has 0 saturated carbocycles. The zero-order valence-corrected chi connectivity index (χ0v) is 21.9. The van der Waals surface area contributed by atoms with Crippen LogP contribution in [0.1, 0.15) is 17.0 Å². The van der Waals surface area contributed by atoms with Gasteiger partial charge in [-0.2, -0.15) is 10.4 Å². The van der Waals surface area contributed by atoms with Crippen molar-refractivity contribution in [2.75, 3.05) is 5.73 Å². The Hall–Kier alpha value is -5.08. The molecule has 11 heteroatoms. The van der Waals surface area contributed by atoms with Crippen LogP contribution in [0.2, 0.25) is 0 Å².